The second-order valence-corrected chi connectivity index (χ2v) is 8.41. The summed E-state index contributed by atoms with van der Waals surface area (Å²) in [5.41, 5.74) is 3.63. The molecule has 0 radical (unpaired) electrons. The first-order chi connectivity index (χ1) is 16.1. The van der Waals surface area contributed by atoms with Gasteiger partial charge in [0, 0.05) is 54.3 Å². The molecule has 8 nitrogen and oxygen atoms in total. The van der Waals surface area contributed by atoms with E-state index in [4.69, 9.17) is 4.52 Å². The van der Waals surface area contributed by atoms with Crippen LogP contribution in [-0.2, 0) is 16.0 Å². The molecule has 0 atom stereocenters. The number of carbonyl (C=O) groups excluding carboxylic acids is 2. The number of para-hydroxylation sites is 1. The van der Waals surface area contributed by atoms with Crippen LogP contribution in [0.5, 0.6) is 0 Å². The molecule has 0 spiro atoms. The van der Waals surface area contributed by atoms with Gasteiger partial charge in [0.25, 0.3) is 0 Å². The summed E-state index contributed by atoms with van der Waals surface area (Å²) in [6, 6.07) is 15.4. The van der Waals surface area contributed by atoms with E-state index in [9.17, 15) is 9.59 Å². The molecule has 1 saturated heterocycles. The van der Waals surface area contributed by atoms with Gasteiger partial charge in [0.05, 0.1) is 6.42 Å². The summed E-state index contributed by atoms with van der Waals surface area (Å²) in [5, 5.41) is 7.97. The minimum atomic E-state index is -0.115. The monoisotopic (exact) mass is 443 g/mol. The molecule has 2 aromatic carbocycles. The number of aromatic amines is 1. The Kier molecular flexibility index (Phi) is 5.64. The normalized spacial score (nSPS) is 14.5. The van der Waals surface area contributed by atoms with Gasteiger partial charge in [-0.15, -0.1) is 0 Å². The fourth-order valence-electron chi connectivity index (χ4n) is 4.35. The van der Waals surface area contributed by atoms with Gasteiger partial charge in [-0.3, -0.25) is 9.59 Å². The average molecular weight is 444 g/mol. The van der Waals surface area contributed by atoms with Crippen molar-refractivity contribution in [1.29, 1.82) is 0 Å². The Labute approximate surface area is 191 Å². The molecule has 1 aliphatic rings. The third-order valence-electron chi connectivity index (χ3n) is 6.12. The largest absolute Gasteiger partial charge is 0.361 e. The Morgan fingerprint density at radius 3 is 2.64 bits per heavy atom. The zero-order chi connectivity index (χ0) is 22.8. The minimum absolute atomic E-state index is 0.115. The maximum Gasteiger partial charge on any atom is 0.230 e. The third kappa shape index (κ3) is 4.50. The van der Waals surface area contributed by atoms with Gasteiger partial charge in [0.2, 0.25) is 23.5 Å². The maximum atomic E-state index is 12.9. The van der Waals surface area contributed by atoms with Crippen LogP contribution in [0.1, 0.15) is 37.1 Å². The number of rotatable bonds is 5. The number of hydrogen-bond donors (Lipinski definition) is 2. The Balaban J connectivity index is 1.19. The van der Waals surface area contributed by atoms with E-state index >= 15 is 0 Å². The van der Waals surface area contributed by atoms with Crippen molar-refractivity contribution >= 4 is 28.4 Å². The fourth-order valence-corrected chi connectivity index (χ4v) is 4.35. The van der Waals surface area contributed by atoms with Crippen molar-refractivity contribution in [1.82, 2.24) is 20.0 Å². The molecule has 5 rings (SSSR count). The summed E-state index contributed by atoms with van der Waals surface area (Å²) >= 11 is 0. The number of piperidine rings is 1. The molecule has 168 valence electrons. The Morgan fingerprint density at radius 1 is 1.12 bits per heavy atom. The number of nitrogens with zero attached hydrogens (tertiary/aromatic N) is 3. The number of fused-ring (bicyclic) bond motifs is 1. The lowest BCUT2D eigenvalue weighted by atomic mass is 9.96. The van der Waals surface area contributed by atoms with E-state index in [0.29, 0.717) is 31.2 Å². The summed E-state index contributed by atoms with van der Waals surface area (Å²) in [5.74, 6) is 1.30. The summed E-state index contributed by atoms with van der Waals surface area (Å²) < 4.78 is 5.54. The van der Waals surface area contributed by atoms with Crippen LogP contribution in [-0.4, -0.2) is 44.9 Å². The highest BCUT2D eigenvalue weighted by Gasteiger charge is 2.28. The molecule has 2 N–H and O–H groups in total. The lowest BCUT2D eigenvalue weighted by Crippen LogP contribution is -2.38. The molecule has 0 saturated carbocycles. The van der Waals surface area contributed by atoms with Crippen LogP contribution in [0, 0.1) is 0 Å². The molecule has 3 heterocycles. The molecular weight excluding hydrogens is 418 g/mol. The fraction of sp³-hybridized carbons (Fsp3) is 0.280. The molecule has 33 heavy (non-hydrogen) atoms. The van der Waals surface area contributed by atoms with Crippen molar-refractivity contribution in [3.8, 4) is 11.4 Å². The number of H-pyrrole nitrogens is 1. The van der Waals surface area contributed by atoms with Crippen molar-refractivity contribution in [2.45, 2.75) is 32.1 Å². The number of benzene rings is 2. The highest BCUT2D eigenvalue weighted by Crippen LogP contribution is 2.29. The van der Waals surface area contributed by atoms with Gasteiger partial charge in [0.1, 0.15) is 0 Å². The van der Waals surface area contributed by atoms with E-state index < -0.39 is 0 Å². The predicted octanol–water partition coefficient (Wildman–Crippen LogP) is 4.13. The van der Waals surface area contributed by atoms with Crippen LogP contribution in [0.4, 0.5) is 5.69 Å². The van der Waals surface area contributed by atoms with Gasteiger partial charge in [-0.05, 0) is 48.7 Å². The van der Waals surface area contributed by atoms with Crippen molar-refractivity contribution < 1.29 is 14.1 Å². The lowest BCUT2D eigenvalue weighted by molar-refractivity contribution is -0.131. The molecule has 2 amide bonds. The number of aromatic nitrogens is 3. The second kappa shape index (κ2) is 8.90. The van der Waals surface area contributed by atoms with Crippen LogP contribution in [0.2, 0.25) is 0 Å². The molecule has 0 unspecified atom stereocenters. The standard InChI is InChI=1S/C25H25N5O3/c1-16(31)27-20-8-6-17(7-9-20)24-28-25(33-29-24)18-10-12-30(13-11-18)23(32)14-19-15-26-22-5-3-2-4-21(19)22/h2-9,15,18,26H,10-14H2,1H3,(H,27,31). The van der Waals surface area contributed by atoms with Crippen molar-refractivity contribution in [3.63, 3.8) is 0 Å². The topological polar surface area (TPSA) is 104 Å². The molecule has 2 aromatic heterocycles. The maximum absolute atomic E-state index is 12.9. The predicted molar refractivity (Wildman–Crippen MR) is 125 cm³/mol. The summed E-state index contributed by atoms with van der Waals surface area (Å²) in [7, 11) is 0. The van der Waals surface area contributed by atoms with E-state index in [1.54, 1.807) is 0 Å². The molecule has 0 bridgehead atoms. The zero-order valence-electron chi connectivity index (χ0n) is 18.4. The minimum Gasteiger partial charge on any atom is -0.361 e. The number of likely N-dealkylation sites (tertiary alicyclic amines) is 1. The quantitative estimate of drug-likeness (QED) is 0.483. The first-order valence-electron chi connectivity index (χ1n) is 11.1. The van der Waals surface area contributed by atoms with Crippen LogP contribution < -0.4 is 5.32 Å². The lowest BCUT2D eigenvalue weighted by Gasteiger charge is -2.30. The first-order valence-corrected chi connectivity index (χ1v) is 11.1. The summed E-state index contributed by atoms with van der Waals surface area (Å²) in [6.45, 7) is 2.82. The Morgan fingerprint density at radius 2 is 1.88 bits per heavy atom. The zero-order valence-corrected chi connectivity index (χ0v) is 18.4. The van der Waals surface area contributed by atoms with E-state index in [2.05, 4.69) is 20.4 Å². The number of nitrogens with one attached hydrogen (secondary N) is 2. The molecule has 8 heteroatoms. The van der Waals surface area contributed by atoms with Gasteiger partial charge in [-0.25, -0.2) is 0 Å². The van der Waals surface area contributed by atoms with E-state index in [0.717, 1.165) is 40.6 Å². The van der Waals surface area contributed by atoms with E-state index in [1.807, 2.05) is 59.6 Å². The summed E-state index contributed by atoms with van der Waals surface area (Å²) in [4.78, 5) is 33.8. The number of hydrogen-bond acceptors (Lipinski definition) is 5. The van der Waals surface area contributed by atoms with Crippen molar-refractivity contribution in [2.24, 2.45) is 0 Å². The number of carbonyl (C=O) groups is 2. The highest BCUT2D eigenvalue weighted by atomic mass is 16.5. The molecule has 1 aliphatic heterocycles. The van der Waals surface area contributed by atoms with Crippen LogP contribution in [0.3, 0.4) is 0 Å². The van der Waals surface area contributed by atoms with Gasteiger partial charge >= 0.3 is 0 Å². The molecular formula is C25H25N5O3. The van der Waals surface area contributed by atoms with E-state index in [1.165, 1.54) is 6.92 Å². The van der Waals surface area contributed by atoms with Gasteiger partial charge in [-0.2, -0.15) is 4.98 Å². The van der Waals surface area contributed by atoms with Crippen LogP contribution in [0.25, 0.3) is 22.3 Å². The highest BCUT2D eigenvalue weighted by molar-refractivity contribution is 5.89. The average Bonchev–Trinajstić information content (AvgIpc) is 3.47. The van der Waals surface area contributed by atoms with Crippen molar-refractivity contribution in [2.75, 3.05) is 18.4 Å². The van der Waals surface area contributed by atoms with Gasteiger partial charge < -0.3 is 19.7 Å². The first kappa shape index (κ1) is 20.9. The van der Waals surface area contributed by atoms with E-state index in [-0.39, 0.29) is 17.7 Å². The second-order valence-electron chi connectivity index (χ2n) is 8.41. The Bertz CT molecular complexity index is 1280. The van der Waals surface area contributed by atoms with Gasteiger partial charge in [-0.1, -0.05) is 23.4 Å². The number of anilines is 1. The van der Waals surface area contributed by atoms with Gasteiger partial charge in [0.15, 0.2) is 0 Å². The Hall–Kier alpha value is -3.94. The van der Waals surface area contributed by atoms with Crippen LogP contribution >= 0.6 is 0 Å². The SMILES string of the molecule is CC(=O)Nc1ccc(-c2noc(C3CCN(C(=O)Cc4c[nH]c5ccccc45)CC3)n2)cc1. The number of amides is 2. The molecule has 1 fully saturated rings. The smallest absolute Gasteiger partial charge is 0.230 e. The molecule has 4 aromatic rings. The summed E-state index contributed by atoms with van der Waals surface area (Å²) in [6.07, 6.45) is 3.91. The van der Waals surface area contributed by atoms with Crippen LogP contribution in [0.15, 0.2) is 59.3 Å². The van der Waals surface area contributed by atoms with Crippen molar-refractivity contribution in [3.05, 3.63) is 66.2 Å². The molecule has 0 aliphatic carbocycles. The third-order valence-corrected chi connectivity index (χ3v) is 6.12.